The van der Waals surface area contributed by atoms with E-state index in [1.165, 1.54) is 29.2 Å². The molecular formula is C25H17FN4OS. The van der Waals surface area contributed by atoms with Crippen molar-refractivity contribution in [2.45, 2.75) is 0 Å². The highest BCUT2D eigenvalue weighted by Crippen LogP contribution is 2.28. The molecule has 0 unspecified atom stereocenters. The highest BCUT2D eigenvalue weighted by molar-refractivity contribution is 7.80. The molecule has 0 saturated carbocycles. The van der Waals surface area contributed by atoms with Gasteiger partial charge in [-0.1, -0.05) is 48.5 Å². The normalized spacial score (nSPS) is 14.8. The number of carbonyl (C=O) groups excluding carboxylic acids is 1. The number of benzene rings is 3. The number of nitrogens with one attached hydrogen (secondary N) is 1. The van der Waals surface area contributed by atoms with Gasteiger partial charge in [0.2, 0.25) is 0 Å². The third-order valence-electron chi connectivity index (χ3n) is 5.07. The molecule has 1 amide bonds. The molecule has 7 heteroatoms. The Hall–Kier alpha value is -4.10. The average molecular weight is 441 g/mol. The molecule has 1 N–H and O–H groups in total. The molecule has 0 aliphatic carbocycles. The van der Waals surface area contributed by atoms with E-state index in [-0.39, 0.29) is 16.8 Å². The summed E-state index contributed by atoms with van der Waals surface area (Å²) in [5, 5.41) is 7.99. The van der Waals surface area contributed by atoms with Crippen LogP contribution < -0.4 is 10.2 Å². The quantitative estimate of drug-likeness (QED) is 0.361. The predicted molar refractivity (Wildman–Crippen MR) is 127 cm³/mol. The maximum atomic E-state index is 13.3. The number of para-hydroxylation sites is 1. The van der Waals surface area contributed by atoms with E-state index < -0.39 is 0 Å². The topological polar surface area (TPSA) is 50.2 Å². The number of amides is 1. The van der Waals surface area contributed by atoms with Gasteiger partial charge >= 0.3 is 0 Å². The van der Waals surface area contributed by atoms with E-state index in [9.17, 15) is 9.18 Å². The highest BCUT2D eigenvalue weighted by atomic mass is 32.1. The lowest BCUT2D eigenvalue weighted by Gasteiger charge is -2.13. The average Bonchev–Trinajstić information content (AvgIpc) is 3.36. The third kappa shape index (κ3) is 3.70. The van der Waals surface area contributed by atoms with Crippen molar-refractivity contribution in [2.24, 2.45) is 0 Å². The molecule has 2 heterocycles. The van der Waals surface area contributed by atoms with Crippen LogP contribution in [-0.4, -0.2) is 20.8 Å². The number of nitrogens with zero attached hydrogens (tertiary/aromatic N) is 3. The van der Waals surface area contributed by atoms with E-state index in [4.69, 9.17) is 17.3 Å². The van der Waals surface area contributed by atoms with Crippen LogP contribution in [0.5, 0.6) is 0 Å². The van der Waals surface area contributed by atoms with Crippen LogP contribution in [0.1, 0.15) is 5.56 Å². The van der Waals surface area contributed by atoms with E-state index in [1.807, 2.05) is 66.9 Å². The number of anilines is 1. The van der Waals surface area contributed by atoms with Gasteiger partial charge in [-0.15, -0.1) is 0 Å². The molecule has 4 aromatic rings. The Bertz CT molecular complexity index is 1330. The Morgan fingerprint density at radius 2 is 1.53 bits per heavy atom. The van der Waals surface area contributed by atoms with E-state index in [0.717, 1.165) is 22.5 Å². The van der Waals surface area contributed by atoms with Gasteiger partial charge in [0.1, 0.15) is 17.2 Å². The SMILES string of the molecule is O=C1/C(=C\c2cn(-c3ccccc3)nc2-c2ccccc2)NC(=S)N1c1ccc(F)cc1. The molecule has 1 aliphatic heterocycles. The lowest BCUT2D eigenvalue weighted by Crippen LogP contribution is -2.30. The van der Waals surface area contributed by atoms with Crippen LogP contribution >= 0.6 is 12.2 Å². The van der Waals surface area contributed by atoms with Crippen molar-refractivity contribution < 1.29 is 9.18 Å². The maximum Gasteiger partial charge on any atom is 0.281 e. The summed E-state index contributed by atoms with van der Waals surface area (Å²) in [7, 11) is 0. The standard InChI is InChI=1S/C25H17FN4OS/c26-19-11-13-21(14-12-19)30-24(31)22(27-25(30)32)15-18-16-29(20-9-5-2-6-10-20)28-23(18)17-7-3-1-4-8-17/h1-16H,(H,27,32)/b22-15+. The minimum Gasteiger partial charge on any atom is -0.327 e. The fraction of sp³-hybridized carbons (Fsp3) is 0. The Labute approximate surface area is 189 Å². The number of carbonyl (C=O) groups is 1. The summed E-state index contributed by atoms with van der Waals surface area (Å²) in [6, 6.07) is 25.2. The molecule has 1 aliphatic rings. The number of thiocarbonyl (C=S) groups is 1. The molecule has 0 spiro atoms. The molecule has 5 nitrogen and oxygen atoms in total. The molecule has 156 valence electrons. The van der Waals surface area contributed by atoms with Crippen molar-refractivity contribution >= 4 is 35.0 Å². The zero-order valence-corrected chi connectivity index (χ0v) is 17.6. The fourth-order valence-corrected chi connectivity index (χ4v) is 3.84. The molecule has 1 aromatic heterocycles. The molecule has 1 saturated heterocycles. The second kappa shape index (κ2) is 8.20. The minimum atomic E-state index is -0.379. The first-order chi connectivity index (χ1) is 15.6. The van der Waals surface area contributed by atoms with Gasteiger partial charge in [-0.2, -0.15) is 5.10 Å². The zero-order valence-electron chi connectivity index (χ0n) is 16.8. The summed E-state index contributed by atoms with van der Waals surface area (Å²) in [4.78, 5) is 14.5. The first-order valence-electron chi connectivity index (χ1n) is 9.93. The Balaban J connectivity index is 1.57. The van der Waals surface area contributed by atoms with E-state index >= 15 is 0 Å². The molecule has 32 heavy (non-hydrogen) atoms. The first kappa shape index (κ1) is 19.8. The van der Waals surface area contributed by atoms with Crippen molar-refractivity contribution in [1.82, 2.24) is 15.1 Å². The van der Waals surface area contributed by atoms with Crippen LogP contribution in [-0.2, 0) is 4.79 Å². The van der Waals surface area contributed by atoms with Gasteiger partial charge in [0.15, 0.2) is 5.11 Å². The largest absolute Gasteiger partial charge is 0.327 e. The van der Waals surface area contributed by atoms with Gasteiger partial charge in [0.25, 0.3) is 5.91 Å². The van der Waals surface area contributed by atoms with Gasteiger partial charge in [0, 0.05) is 17.3 Å². The fourth-order valence-electron chi connectivity index (χ4n) is 3.54. The second-order valence-corrected chi connectivity index (χ2v) is 7.57. The van der Waals surface area contributed by atoms with Crippen LogP contribution in [0, 0.1) is 5.82 Å². The highest BCUT2D eigenvalue weighted by Gasteiger charge is 2.32. The summed E-state index contributed by atoms with van der Waals surface area (Å²) in [6.07, 6.45) is 3.62. The third-order valence-corrected chi connectivity index (χ3v) is 5.36. The zero-order chi connectivity index (χ0) is 22.1. The van der Waals surface area contributed by atoms with Crippen molar-refractivity contribution in [3.63, 3.8) is 0 Å². The van der Waals surface area contributed by atoms with Crippen LogP contribution in [0.3, 0.4) is 0 Å². The second-order valence-electron chi connectivity index (χ2n) is 7.18. The number of rotatable bonds is 4. The van der Waals surface area contributed by atoms with Gasteiger partial charge < -0.3 is 5.32 Å². The summed E-state index contributed by atoms with van der Waals surface area (Å²) >= 11 is 5.37. The van der Waals surface area contributed by atoms with Crippen molar-refractivity contribution in [2.75, 3.05) is 4.90 Å². The van der Waals surface area contributed by atoms with Crippen LogP contribution in [0.4, 0.5) is 10.1 Å². The Kier molecular flexibility index (Phi) is 5.09. The minimum absolute atomic E-state index is 0.240. The summed E-state index contributed by atoms with van der Waals surface area (Å²) < 4.78 is 15.1. The molecule has 5 rings (SSSR count). The molecule has 0 bridgehead atoms. The number of halogens is 1. The van der Waals surface area contributed by atoms with Gasteiger partial charge in [-0.25, -0.2) is 9.07 Å². The number of aromatic nitrogens is 2. The van der Waals surface area contributed by atoms with Gasteiger partial charge in [-0.05, 0) is 54.7 Å². The molecule has 0 radical (unpaired) electrons. The first-order valence-corrected chi connectivity index (χ1v) is 10.3. The van der Waals surface area contributed by atoms with Crippen LogP contribution in [0.2, 0.25) is 0 Å². The van der Waals surface area contributed by atoms with Crippen molar-refractivity contribution in [3.8, 4) is 16.9 Å². The van der Waals surface area contributed by atoms with Crippen LogP contribution in [0.15, 0.2) is 96.8 Å². The maximum absolute atomic E-state index is 13.3. The Morgan fingerprint density at radius 1 is 0.875 bits per heavy atom. The lowest BCUT2D eigenvalue weighted by atomic mass is 10.1. The predicted octanol–water partition coefficient (Wildman–Crippen LogP) is 4.94. The van der Waals surface area contributed by atoms with E-state index in [1.54, 1.807) is 10.8 Å². The Morgan fingerprint density at radius 3 is 2.22 bits per heavy atom. The summed E-state index contributed by atoms with van der Waals surface area (Å²) in [5.74, 6) is -0.691. The smallest absolute Gasteiger partial charge is 0.281 e. The summed E-state index contributed by atoms with van der Waals surface area (Å²) in [5.41, 5.74) is 4.16. The molecule has 1 fully saturated rings. The molecule has 3 aromatic carbocycles. The van der Waals surface area contributed by atoms with Crippen LogP contribution in [0.25, 0.3) is 23.0 Å². The van der Waals surface area contributed by atoms with E-state index in [0.29, 0.717) is 11.4 Å². The monoisotopic (exact) mass is 440 g/mol. The van der Waals surface area contributed by atoms with E-state index in [2.05, 4.69) is 5.32 Å². The van der Waals surface area contributed by atoms with Gasteiger partial charge in [-0.3, -0.25) is 9.69 Å². The summed E-state index contributed by atoms with van der Waals surface area (Å²) in [6.45, 7) is 0. The van der Waals surface area contributed by atoms with Crippen molar-refractivity contribution in [1.29, 1.82) is 0 Å². The molecular weight excluding hydrogens is 423 g/mol. The lowest BCUT2D eigenvalue weighted by molar-refractivity contribution is -0.113. The van der Waals surface area contributed by atoms with Crippen molar-refractivity contribution in [3.05, 3.63) is 108 Å². The number of hydrogen-bond donors (Lipinski definition) is 1. The van der Waals surface area contributed by atoms with Gasteiger partial charge in [0.05, 0.1) is 11.4 Å². The molecule has 0 atom stereocenters. The number of hydrogen-bond acceptors (Lipinski definition) is 3.